The van der Waals surface area contributed by atoms with Gasteiger partial charge in [-0.3, -0.25) is 9.59 Å². The van der Waals surface area contributed by atoms with Crippen LogP contribution < -0.4 is 20.1 Å². The maximum absolute atomic E-state index is 12.5. The molecule has 2 amide bonds. The monoisotopic (exact) mass is 404 g/mol. The quantitative estimate of drug-likeness (QED) is 0.604. The van der Waals surface area contributed by atoms with Gasteiger partial charge < -0.3 is 20.1 Å². The molecule has 6 nitrogen and oxygen atoms in total. The molecule has 3 aromatic rings. The Morgan fingerprint density at radius 1 is 0.833 bits per heavy atom. The van der Waals surface area contributed by atoms with Gasteiger partial charge in [0.15, 0.2) is 6.61 Å². The van der Waals surface area contributed by atoms with Crippen molar-refractivity contribution in [3.8, 4) is 11.5 Å². The number of benzene rings is 3. The maximum Gasteiger partial charge on any atom is 0.262 e. The third-order valence-electron chi connectivity index (χ3n) is 4.72. The van der Waals surface area contributed by atoms with E-state index in [0.29, 0.717) is 22.7 Å². The number of methoxy groups -OCH3 is 1. The highest BCUT2D eigenvalue weighted by molar-refractivity contribution is 6.04. The molecule has 3 aromatic carbocycles. The molecule has 0 saturated carbocycles. The Labute approximate surface area is 175 Å². The zero-order valence-electron chi connectivity index (χ0n) is 17.2. The van der Waals surface area contributed by atoms with Crippen molar-refractivity contribution in [3.63, 3.8) is 0 Å². The van der Waals surface area contributed by atoms with Crippen LogP contribution in [-0.4, -0.2) is 25.5 Å². The van der Waals surface area contributed by atoms with Crippen LogP contribution in [0.4, 0.5) is 11.4 Å². The van der Waals surface area contributed by atoms with Crippen molar-refractivity contribution >= 4 is 23.2 Å². The largest absolute Gasteiger partial charge is 0.495 e. The lowest BCUT2D eigenvalue weighted by Gasteiger charge is -2.12. The highest BCUT2D eigenvalue weighted by Gasteiger charge is 2.10. The third-order valence-corrected chi connectivity index (χ3v) is 4.72. The summed E-state index contributed by atoms with van der Waals surface area (Å²) in [6.45, 7) is 3.81. The van der Waals surface area contributed by atoms with Crippen molar-refractivity contribution in [3.05, 3.63) is 83.4 Å². The van der Waals surface area contributed by atoms with Crippen LogP contribution in [-0.2, 0) is 4.79 Å². The molecule has 0 unspecified atom stereocenters. The second kappa shape index (κ2) is 9.60. The molecule has 0 aliphatic heterocycles. The number of amides is 2. The minimum absolute atomic E-state index is 0.161. The summed E-state index contributed by atoms with van der Waals surface area (Å²) in [5.41, 5.74) is 4.01. The fraction of sp³-hybridized carbons (Fsp3) is 0.167. The molecule has 0 aromatic heterocycles. The Hall–Kier alpha value is -3.80. The van der Waals surface area contributed by atoms with Crippen LogP contribution in [0, 0.1) is 13.8 Å². The molecule has 6 heteroatoms. The predicted molar refractivity (Wildman–Crippen MR) is 117 cm³/mol. The topological polar surface area (TPSA) is 76.7 Å². The number of para-hydroxylation sites is 2. The Kier molecular flexibility index (Phi) is 6.70. The summed E-state index contributed by atoms with van der Waals surface area (Å²) < 4.78 is 10.7. The van der Waals surface area contributed by atoms with E-state index in [0.717, 1.165) is 16.8 Å². The first-order valence-corrected chi connectivity index (χ1v) is 9.51. The average Bonchev–Trinajstić information content (AvgIpc) is 2.76. The number of aryl methyl sites for hydroxylation is 1. The van der Waals surface area contributed by atoms with Crippen molar-refractivity contribution in [2.75, 3.05) is 24.4 Å². The van der Waals surface area contributed by atoms with E-state index in [2.05, 4.69) is 10.6 Å². The number of hydrogen-bond acceptors (Lipinski definition) is 4. The van der Waals surface area contributed by atoms with Gasteiger partial charge in [0.25, 0.3) is 11.8 Å². The van der Waals surface area contributed by atoms with E-state index in [4.69, 9.17) is 9.47 Å². The molecule has 2 N–H and O–H groups in total. The average molecular weight is 404 g/mol. The normalized spacial score (nSPS) is 10.2. The van der Waals surface area contributed by atoms with Crippen molar-refractivity contribution in [1.29, 1.82) is 0 Å². The molecule has 0 heterocycles. The van der Waals surface area contributed by atoms with Crippen LogP contribution in [0.15, 0.2) is 66.7 Å². The zero-order chi connectivity index (χ0) is 21.5. The summed E-state index contributed by atoms with van der Waals surface area (Å²) in [4.78, 5) is 24.6. The van der Waals surface area contributed by atoms with Crippen LogP contribution >= 0.6 is 0 Å². The van der Waals surface area contributed by atoms with E-state index >= 15 is 0 Å². The molecular formula is C24H24N2O4. The Morgan fingerprint density at radius 2 is 1.53 bits per heavy atom. The van der Waals surface area contributed by atoms with Crippen LogP contribution in [0.2, 0.25) is 0 Å². The Morgan fingerprint density at radius 3 is 2.27 bits per heavy atom. The van der Waals surface area contributed by atoms with E-state index in [1.165, 1.54) is 0 Å². The molecular weight excluding hydrogens is 380 g/mol. The number of nitrogens with one attached hydrogen (secondary N) is 2. The summed E-state index contributed by atoms with van der Waals surface area (Å²) in [5, 5.41) is 5.66. The van der Waals surface area contributed by atoms with Gasteiger partial charge in [-0.15, -0.1) is 0 Å². The fourth-order valence-electron chi connectivity index (χ4n) is 2.87. The first-order chi connectivity index (χ1) is 14.5. The molecule has 30 heavy (non-hydrogen) atoms. The van der Waals surface area contributed by atoms with Gasteiger partial charge in [0, 0.05) is 11.3 Å². The number of ether oxygens (including phenoxy) is 2. The molecule has 0 aliphatic carbocycles. The number of anilines is 2. The minimum Gasteiger partial charge on any atom is -0.495 e. The fourth-order valence-corrected chi connectivity index (χ4v) is 2.87. The molecule has 0 atom stereocenters. The van der Waals surface area contributed by atoms with Gasteiger partial charge in [0.05, 0.1) is 12.8 Å². The summed E-state index contributed by atoms with van der Waals surface area (Å²) in [6.07, 6.45) is 0. The van der Waals surface area contributed by atoms with Crippen LogP contribution in [0.1, 0.15) is 21.5 Å². The first-order valence-electron chi connectivity index (χ1n) is 9.51. The minimum atomic E-state index is -0.309. The SMILES string of the molecule is COc1ccccc1NC(=O)COc1ccc(C(=O)Nc2cccc(C)c2C)cc1. The van der Waals surface area contributed by atoms with Crippen molar-refractivity contribution < 1.29 is 19.1 Å². The van der Waals surface area contributed by atoms with Gasteiger partial charge in [-0.05, 0) is 67.4 Å². The molecule has 154 valence electrons. The van der Waals surface area contributed by atoms with Crippen LogP contribution in [0.5, 0.6) is 11.5 Å². The highest BCUT2D eigenvalue weighted by Crippen LogP contribution is 2.23. The summed E-state index contributed by atoms with van der Waals surface area (Å²) in [5.74, 6) is 0.555. The van der Waals surface area contributed by atoms with Gasteiger partial charge >= 0.3 is 0 Å². The number of hydrogen-bond donors (Lipinski definition) is 2. The summed E-state index contributed by atoms with van der Waals surface area (Å²) in [7, 11) is 1.54. The highest BCUT2D eigenvalue weighted by atomic mass is 16.5. The predicted octanol–water partition coefficient (Wildman–Crippen LogP) is 4.58. The van der Waals surface area contributed by atoms with Gasteiger partial charge in [0.1, 0.15) is 11.5 Å². The first kappa shape index (κ1) is 20.9. The molecule has 0 bridgehead atoms. The summed E-state index contributed by atoms with van der Waals surface area (Å²) in [6, 6.07) is 19.6. The van der Waals surface area contributed by atoms with Gasteiger partial charge in [-0.1, -0.05) is 24.3 Å². The van der Waals surface area contributed by atoms with Gasteiger partial charge in [-0.25, -0.2) is 0 Å². The van der Waals surface area contributed by atoms with Crippen LogP contribution in [0.3, 0.4) is 0 Å². The zero-order valence-corrected chi connectivity index (χ0v) is 17.2. The molecule has 0 fully saturated rings. The Bertz CT molecular complexity index is 1050. The second-order valence-electron chi connectivity index (χ2n) is 6.76. The lowest BCUT2D eigenvalue weighted by atomic mass is 10.1. The standard InChI is InChI=1S/C24H24N2O4/c1-16-7-6-9-20(17(16)2)26-24(28)18-11-13-19(14-12-18)30-15-23(27)25-21-8-4-5-10-22(21)29-3/h4-14H,15H2,1-3H3,(H,25,27)(H,26,28). The molecule has 0 spiro atoms. The lowest BCUT2D eigenvalue weighted by Crippen LogP contribution is -2.20. The lowest BCUT2D eigenvalue weighted by molar-refractivity contribution is -0.118. The molecule has 0 aliphatic rings. The molecule has 0 radical (unpaired) electrons. The number of carbonyl (C=O) groups excluding carboxylic acids is 2. The second-order valence-corrected chi connectivity index (χ2v) is 6.76. The van der Waals surface area contributed by atoms with Crippen molar-refractivity contribution in [2.24, 2.45) is 0 Å². The summed E-state index contributed by atoms with van der Waals surface area (Å²) >= 11 is 0. The number of carbonyl (C=O) groups is 2. The maximum atomic E-state index is 12.5. The van der Waals surface area contributed by atoms with Gasteiger partial charge in [0.2, 0.25) is 0 Å². The van der Waals surface area contributed by atoms with E-state index in [9.17, 15) is 9.59 Å². The van der Waals surface area contributed by atoms with E-state index in [-0.39, 0.29) is 18.4 Å². The number of rotatable bonds is 7. The molecule has 3 rings (SSSR count). The van der Waals surface area contributed by atoms with E-state index in [1.807, 2.05) is 38.1 Å². The van der Waals surface area contributed by atoms with E-state index < -0.39 is 0 Å². The van der Waals surface area contributed by atoms with Crippen molar-refractivity contribution in [1.82, 2.24) is 0 Å². The van der Waals surface area contributed by atoms with E-state index in [1.54, 1.807) is 49.6 Å². The molecule has 0 saturated heterocycles. The van der Waals surface area contributed by atoms with Crippen LogP contribution in [0.25, 0.3) is 0 Å². The third kappa shape index (κ3) is 5.17. The smallest absolute Gasteiger partial charge is 0.262 e. The Balaban J connectivity index is 1.56. The van der Waals surface area contributed by atoms with Crippen molar-refractivity contribution in [2.45, 2.75) is 13.8 Å². The van der Waals surface area contributed by atoms with Gasteiger partial charge in [-0.2, -0.15) is 0 Å².